The van der Waals surface area contributed by atoms with Crippen molar-refractivity contribution in [3.63, 3.8) is 0 Å². The third-order valence-corrected chi connectivity index (χ3v) is 4.42. The topological polar surface area (TPSA) is 145 Å². The van der Waals surface area contributed by atoms with E-state index in [1.165, 1.54) is 12.7 Å². The molecule has 0 bridgehead atoms. The number of thioether (sulfide) groups is 1. The van der Waals surface area contributed by atoms with Crippen LogP contribution in [0.3, 0.4) is 0 Å². The van der Waals surface area contributed by atoms with Crippen LogP contribution in [0.25, 0.3) is 11.2 Å². The Morgan fingerprint density at radius 2 is 1.95 bits per heavy atom. The highest BCUT2D eigenvalue weighted by Gasteiger charge is 2.44. The second kappa shape index (κ2) is 5.83. The van der Waals surface area contributed by atoms with E-state index in [9.17, 15) is 15.3 Å². The molecule has 0 aliphatic carbocycles. The second-order valence-electron chi connectivity index (χ2n) is 4.60. The van der Waals surface area contributed by atoms with Crippen LogP contribution in [0.2, 0.25) is 0 Å². The van der Waals surface area contributed by atoms with Crippen molar-refractivity contribution >= 4 is 22.9 Å². The predicted octanol–water partition coefficient (Wildman–Crippen LogP) is -1.76. The third-order valence-electron chi connectivity index (χ3n) is 3.26. The van der Waals surface area contributed by atoms with Gasteiger partial charge in [-0.3, -0.25) is 0 Å². The number of nitrogens with one attached hydrogen (secondary N) is 1. The highest BCUT2D eigenvalue weighted by molar-refractivity contribution is 8.00. The SMILES string of the molecule is OC[C@@H]1O[C@@H](Sc2ncnc3nc[nH]c23)[C@@H](O)[C@H](O)[C@@H]1O. The smallest absolute Gasteiger partial charge is 0.181 e. The van der Waals surface area contributed by atoms with E-state index >= 15 is 0 Å². The van der Waals surface area contributed by atoms with E-state index in [4.69, 9.17) is 9.84 Å². The van der Waals surface area contributed by atoms with Crippen molar-refractivity contribution < 1.29 is 25.2 Å². The van der Waals surface area contributed by atoms with E-state index < -0.39 is 36.5 Å². The van der Waals surface area contributed by atoms with Crippen molar-refractivity contribution in [3.8, 4) is 0 Å². The van der Waals surface area contributed by atoms with Crippen molar-refractivity contribution in [1.29, 1.82) is 0 Å². The fraction of sp³-hybridized carbons (Fsp3) is 0.545. The van der Waals surface area contributed by atoms with E-state index in [0.717, 1.165) is 11.8 Å². The maximum Gasteiger partial charge on any atom is 0.181 e. The van der Waals surface area contributed by atoms with Crippen LogP contribution in [0.4, 0.5) is 0 Å². The largest absolute Gasteiger partial charge is 0.394 e. The van der Waals surface area contributed by atoms with E-state index in [1.54, 1.807) is 0 Å². The summed E-state index contributed by atoms with van der Waals surface area (Å²) in [5, 5.41) is 39.1. The monoisotopic (exact) mass is 314 g/mol. The Hall–Kier alpha value is -1.30. The van der Waals surface area contributed by atoms with Crippen molar-refractivity contribution in [2.45, 2.75) is 34.9 Å². The molecule has 0 unspecified atom stereocenters. The number of imidazole rings is 1. The molecule has 1 aliphatic heterocycles. The van der Waals surface area contributed by atoms with Gasteiger partial charge < -0.3 is 30.1 Å². The minimum absolute atomic E-state index is 0.467. The molecule has 21 heavy (non-hydrogen) atoms. The summed E-state index contributed by atoms with van der Waals surface area (Å²) in [6, 6.07) is 0. The lowest BCUT2D eigenvalue weighted by atomic mass is 10.0. The first kappa shape index (κ1) is 14.6. The van der Waals surface area contributed by atoms with Gasteiger partial charge in [-0.15, -0.1) is 0 Å². The number of hydrogen-bond acceptors (Lipinski definition) is 9. The first-order chi connectivity index (χ1) is 10.1. The average molecular weight is 314 g/mol. The van der Waals surface area contributed by atoms with Crippen LogP contribution in [-0.4, -0.2) is 76.8 Å². The minimum atomic E-state index is -1.41. The number of aliphatic hydroxyl groups is 4. The maximum absolute atomic E-state index is 10.00. The molecule has 2 aromatic rings. The predicted molar refractivity (Wildman–Crippen MR) is 71.3 cm³/mol. The standard InChI is InChI=1S/C11H14N4O5S/c16-1-4-6(17)7(18)8(19)11(20-4)21-10-5-9(13-2-12-5)14-3-15-10/h2-4,6-8,11,16-19H,1H2,(H,12,13,14,15)/t4-,6+,7+,8-,11-/m0/s1. The van der Waals surface area contributed by atoms with Gasteiger partial charge in [0.2, 0.25) is 0 Å². The summed E-state index contributed by atoms with van der Waals surface area (Å²) in [5.41, 5.74) is 0.165. The Morgan fingerprint density at radius 1 is 1.14 bits per heavy atom. The molecule has 10 heteroatoms. The Kier molecular flexibility index (Phi) is 4.06. The molecule has 0 amide bonds. The van der Waals surface area contributed by atoms with Crippen LogP contribution >= 0.6 is 11.8 Å². The summed E-state index contributed by atoms with van der Waals surface area (Å²) in [4.78, 5) is 14.9. The van der Waals surface area contributed by atoms with E-state index in [-0.39, 0.29) is 0 Å². The number of ether oxygens (including phenoxy) is 1. The van der Waals surface area contributed by atoms with E-state index in [2.05, 4.69) is 19.9 Å². The fourth-order valence-electron chi connectivity index (χ4n) is 2.11. The molecule has 3 heterocycles. The van der Waals surface area contributed by atoms with Crippen LogP contribution in [0.1, 0.15) is 0 Å². The van der Waals surface area contributed by atoms with Crippen LogP contribution < -0.4 is 0 Å². The Morgan fingerprint density at radius 3 is 2.71 bits per heavy atom. The van der Waals surface area contributed by atoms with Gasteiger partial charge in [-0.05, 0) is 0 Å². The summed E-state index contributed by atoms with van der Waals surface area (Å²) in [6.45, 7) is -0.467. The van der Waals surface area contributed by atoms with Gasteiger partial charge >= 0.3 is 0 Å². The highest BCUT2D eigenvalue weighted by atomic mass is 32.2. The minimum Gasteiger partial charge on any atom is -0.394 e. The van der Waals surface area contributed by atoms with Gasteiger partial charge in [0, 0.05) is 0 Å². The highest BCUT2D eigenvalue weighted by Crippen LogP contribution is 2.34. The molecular formula is C11H14N4O5S. The quantitative estimate of drug-likeness (QED) is 0.416. The molecule has 0 aromatic carbocycles. The molecule has 2 aromatic heterocycles. The number of hydrogen-bond donors (Lipinski definition) is 5. The fourth-order valence-corrected chi connectivity index (χ4v) is 3.20. The maximum atomic E-state index is 10.00. The zero-order valence-electron chi connectivity index (χ0n) is 10.7. The average Bonchev–Trinajstić information content (AvgIpc) is 2.97. The molecule has 5 atom stereocenters. The van der Waals surface area contributed by atoms with Gasteiger partial charge in [0.15, 0.2) is 5.65 Å². The Bertz CT molecular complexity index is 623. The second-order valence-corrected chi connectivity index (χ2v) is 5.68. The summed E-state index contributed by atoms with van der Waals surface area (Å²) in [6.07, 6.45) is -2.25. The molecule has 3 rings (SSSR count). The summed E-state index contributed by atoms with van der Waals surface area (Å²) >= 11 is 1.05. The summed E-state index contributed by atoms with van der Waals surface area (Å²) in [5.74, 6) is 0. The molecular weight excluding hydrogens is 300 g/mol. The number of H-pyrrole nitrogens is 1. The van der Waals surface area contributed by atoms with Gasteiger partial charge in [-0.25, -0.2) is 15.0 Å². The van der Waals surface area contributed by atoms with Crippen LogP contribution in [0.5, 0.6) is 0 Å². The lowest BCUT2D eigenvalue weighted by molar-refractivity contribution is -0.205. The van der Waals surface area contributed by atoms with Gasteiger partial charge in [0.1, 0.15) is 46.7 Å². The third kappa shape index (κ3) is 2.61. The Balaban J connectivity index is 1.85. The molecule has 1 aliphatic rings. The molecule has 0 radical (unpaired) electrons. The zero-order valence-corrected chi connectivity index (χ0v) is 11.5. The summed E-state index contributed by atoms with van der Waals surface area (Å²) < 4.78 is 5.42. The zero-order chi connectivity index (χ0) is 15.0. The lowest BCUT2D eigenvalue weighted by Gasteiger charge is -2.39. The number of nitrogens with zero attached hydrogens (tertiary/aromatic N) is 3. The first-order valence-electron chi connectivity index (χ1n) is 6.23. The van der Waals surface area contributed by atoms with E-state index in [1.807, 2.05) is 0 Å². The van der Waals surface area contributed by atoms with Crippen molar-refractivity contribution in [2.75, 3.05) is 6.61 Å². The molecule has 5 N–H and O–H groups in total. The van der Waals surface area contributed by atoms with Crippen LogP contribution in [-0.2, 0) is 4.74 Å². The normalized spacial score (nSPS) is 33.4. The number of aromatic amines is 1. The first-order valence-corrected chi connectivity index (χ1v) is 7.11. The number of aromatic nitrogens is 4. The van der Waals surface area contributed by atoms with Gasteiger partial charge in [0.05, 0.1) is 12.9 Å². The lowest BCUT2D eigenvalue weighted by Crippen LogP contribution is -2.57. The van der Waals surface area contributed by atoms with Gasteiger partial charge in [0.25, 0.3) is 0 Å². The van der Waals surface area contributed by atoms with Gasteiger partial charge in [-0.2, -0.15) is 0 Å². The Labute approximate surface area is 123 Å². The number of aliphatic hydroxyl groups excluding tert-OH is 4. The molecule has 9 nitrogen and oxygen atoms in total. The van der Waals surface area contributed by atoms with Crippen LogP contribution in [0.15, 0.2) is 17.7 Å². The molecule has 114 valence electrons. The molecule has 1 fully saturated rings. The molecule has 0 spiro atoms. The summed E-state index contributed by atoms with van der Waals surface area (Å²) in [7, 11) is 0. The van der Waals surface area contributed by atoms with Crippen LogP contribution in [0, 0.1) is 0 Å². The van der Waals surface area contributed by atoms with Crippen molar-refractivity contribution in [2.24, 2.45) is 0 Å². The number of fused-ring (bicyclic) bond motifs is 1. The van der Waals surface area contributed by atoms with Crippen molar-refractivity contribution in [1.82, 2.24) is 19.9 Å². The number of rotatable bonds is 3. The molecule has 1 saturated heterocycles. The van der Waals surface area contributed by atoms with E-state index in [0.29, 0.717) is 16.2 Å². The van der Waals surface area contributed by atoms with Gasteiger partial charge in [-0.1, -0.05) is 11.8 Å². The van der Waals surface area contributed by atoms with Crippen molar-refractivity contribution in [3.05, 3.63) is 12.7 Å². The molecule has 0 saturated carbocycles.